The molecule has 0 unspecified atom stereocenters. The first-order valence-corrected chi connectivity index (χ1v) is 12.5. The number of nitrogens with two attached hydrogens (primary N) is 1. The number of likely N-dealkylation sites (tertiary alicyclic amines) is 1. The molecule has 2 rings (SSSR count). The number of amides is 1. The third kappa shape index (κ3) is 11.2. The number of hydrogen-bond donors (Lipinski definition) is 1. The number of benzene rings is 1. The van der Waals surface area contributed by atoms with Crippen LogP contribution in [0.1, 0.15) is 59.9 Å². The first-order chi connectivity index (χ1) is 14.8. The summed E-state index contributed by atoms with van der Waals surface area (Å²) in [5.41, 5.74) is 0.572. The molecule has 5 nitrogen and oxygen atoms in total. The standard InChI is InChI=1S/C20H27Cl2NO3.C4H11NS/c1-5-10-25-18-13-17(22)16(21)12-15(18)11-14-6-8-23(9-7-14)19(24)26-20(2,3)4;1-4(2,3)6-5/h5,12-14H,1,6-11H2,2-4H3;5H2,1-3H3. The number of rotatable bonds is 5. The van der Waals surface area contributed by atoms with Crippen LogP contribution in [0.25, 0.3) is 0 Å². The molecule has 2 N–H and O–H groups in total. The van der Waals surface area contributed by atoms with Gasteiger partial charge in [-0.1, -0.05) is 47.8 Å². The molecule has 0 bridgehead atoms. The van der Waals surface area contributed by atoms with Crippen LogP contribution < -0.4 is 9.88 Å². The molecule has 0 saturated carbocycles. The zero-order chi connectivity index (χ0) is 24.5. The average molecular weight is 506 g/mol. The van der Waals surface area contributed by atoms with Crippen molar-refractivity contribution in [2.45, 2.75) is 71.2 Å². The lowest BCUT2D eigenvalue weighted by Gasteiger charge is -2.33. The fourth-order valence-corrected chi connectivity index (χ4v) is 3.31. The largest absolute Gasteiger partial charge is 0.489 e. The Morgan fingerprint density at radius 1 is 1.19 bits per heavy atom. The maximum Gasteiger partial charge on any atom is 0.410 e. The molecule has 1 fully saturated rings. The second-order valence-corrected chi connectivity index (χ2v) is 12.1. The smallest absolute Gasteiger partial charge is 0.410 e. The van der Waals surface area contributed by atoms with Gasteiger partial charge in [0.2, 0.25) is 0 Å². The number of hydrogen-bond acceptors (Lipinski definition) is 5. The van der Waals surface area contributed by atoms with Gasteiger partial charge >= 0.3 is 6.09 Å². The SMILES string of the molecule is C=CCOc1cc(Cl)c(Cl)cc1CC1CCN(C(=O)OC(C)(C)C)CC1.CC(C)(C)SN. The van der Waals surface area contributed by atoms with Crippen LogP contribution in [-0.2, 0) is 11.2 Å². The molecule has 0 aromatic heterocycles. The highest BCUT2D eigenvalue weighted by molar-refractivity contribution is 7.98. The van der Waals surface area contributed by atoms with Gasteiger partial charge in [0.1, 0.15) is 18.0 Å². The molecular weight excluding hydrogens is 467 g/mol. The van der Waals surface area contributed by atoms with Gasteiger partial charge in [0.05, 0.1) is 10.0 Å². The Balaban J connectivity index is 0.000000751. The van der Waals surface area contributed by atoms with Gasteiger partial charge in [-0.05, 0) is 78.4 Å². The number of carbonyl (C=O) groups is 1. The molecule has 8 heteroatoms. The van der Waals surface area contributed by atoms with E-state index in [0.29, 0.717) is 35.7 Å². The predicted molar refractivity (Wildman–Crippen MR) is 138 cm³/mol. The Morgan fingerprint density at radius 2 is 1.72 bits per heavy atom. The summed E-state index contributed by atoms with van der Waals surface area (Å²) < 4.78 is 11.4. The van der Waals surface area contributed by atoms with Gasteiger partial charge in [0, 0.05) is 23.9 Å². The van der Waals surface area contributed by atoms with Gasteiger partial charge in [-0.15, -0.1) is 0 Å². The van der Waals surface area contributed by atoms with Crippen LogP contribution in [-0.4, -0.2) is 41.0 Å². The highest BCUT2D eigenvalue weighted by atomic mass is 35.5. The minimum atomic E-state index is -0.467. The van der Waals surface area contributed by atoms with E-state index in [1.165, 1.54) is 11.9 Å². The lowest BCUT2D eigenvalue weighted by molar-refractivity contribution is 0.0184. The van der Waals surface area contributed by atoms with Crippen LogP contribution in [0.4, 0.5) is 4.79 Å². The second-order valence-electron chi connectivity index (χ2n) is 9.82. The Hall–Kier alpha value is -1.08. The molecule has 1 aliphatic heterocycles. The molecule has 0 atom stereocenters. The summed E-state index contributed by atoms with van der Waals surface area (Å²) in [5, 5.41) is 6.23. The highest BCUT2D eigenvalue weighted by Gasteiger charge is 2.27. The third-order valence-corrected chi connectivity index (χ3v) is 6.02. The van der Waals surface area contributed by atoms with Gasteiger partial charge in [0.15, 0.2) is 0 Å². The molecule has 1 heterocycles. The molecule has 1 aromatic carbocycles. The molecule has 0 aliphatic carbocycles. The molecular formula is C24H38Cl2N2O3S. The summed E-state index contributed by atoms with van der Waals surface area (Å²) in [5.74, 6) is 1.20. The van der Waals surface area contributed by atoms with E-state index in [4.69, 9.17) is 37.8 Å². The lowest BCUT2D eigenvalue weighted by atomic mass is 9.90. The summed E-state index contributed by atoms with van der Waals surface area (Å²) in [6, 6.07) is 3.64. The number of ether oxygens (including phenoxy) is 2. The molecule has 1 amide bonds. The molecule has 32 heavy (non-hydrogen) atoms. The highest BCUT2D eigenvalue weighted by Crippen LogP contribution is 2.34. The molecule has 1 aliphatic rings. The maximum atomic E-state index is 12.2. The Morgan fingerprint density at radius 3 is 2.19 bits per heavy atom. The van der Waals surface area contributed by atoms with Crippen LogP contribution in [0.2, 0.25) is 10.0 Å². The third-order valence-electron chi connectivity index (χ3n) is 4.59. The van der Waals surface area contributed by atoms with Crippen molar-refractivity contribution >= 4 is 41.2 Å². The van der Waals surface area contributed by atoms with Gasteiger partial charge < -0.3 is 14.4 Å². The van der Waals surface area contributed by atoms with Gasteiger partial charge in [0.25, 0.3) is 0 Å². The first-order valence-electron chi connectivity index (χ1n) is 10.8. The molecule has 1 saturated heterocycles. The van der Waals surface area contributed by atoms with Gasteiger partial charge in [-0.25, -0.2) is 4.79 Å². The number of piperidine rings is 1. The summed E-state index contributed by atoms with van der Waals surface area (Å²) in [6.07, 6.45) is 4.14. The summed E-state index contributed by atoms with van der Waals surface area (Å²) in [6.45, 7) is 17.4. The topological polar surface area (TPSA) is 64.8 Å². The van der Waals surface area contributed by atoms with Crippen LogP contribution in [0.3, 0.4) is 0 Å². The Bertz CT molecular complexity index is 753. The van der Waals surface area contributed by atoms with Crippen molar-refractivity contribution in [1.29, 1.82) is 0 Å². The van der Waals surface area contributed by atoms with E-state index >= 15 is 0 Å². The van der Waals surface area contributed by atoms with E-state index in [2.05, 4.69) is 27.4 Å². The van der Waals surface area contributed by atoms with E-state index in [-0.39, 0.29) is 10.8 Å². The van der Waals surface area contributed by atoms with E-state index in [9.17, 15) is 4.79 Å². The van der Waals surface area contributed by atoms with E-state index < -0.39 is 5.60 Å². The van der Waals surface area contributed by atoms with E-state index in [0.717, 1.165) is 30.6 Å². The minimum Gasteiger partial charge on any atom is -0.489 e. The maximum absolute atomic E-state index is 12.2. The monoisotopic (exact) mass is 504 g/mol. The van der Waals surface area contributed by atoms with Gasteiger partial charge in [-0.3, -0.25) is 5.14 Å². The predicted octanol–water partition coefficient (Wildman–Crippen LogP) is 7.14. The summed E-state index contributed by atoms with van der Waals surface area (Å²) >= 11 is 13.7. The van der Waals surface area contributed by atoms with Gasteiger partial charge in [-0.2, -0.15) is 0 Å². The Labute approximate surface area is 208 Å². The number of nitrogens with zero attached hydrogens (tertiary/aromatic N) is 1. The van der Waals surface area contributed by atoms with Crippen molar-refractivity contribution < 1.29 is 14.3 Å². The van der Waals surface area contributed by atoms with Crippen LogP contribution in [0.5, 0.6) is 5.75 Å². The minimum absolute atomic E-state index is 0.236. The number of carbonyl (C=O) groups excluding carboxylic acids is 1. The average Bonchev–Trinajstić information content (AvgIpc) is 2.68. The second kappa shape index (κ2) is 13.0. The van der Waals surface area contributed by atoms with Crippen molar-refractivity contribution in [2.75, 3.05) is 19.7 Å². The van der Waals surface area contributed by atoms with Crippen molar-refractivity contribution in [3.05, 3.63) is 40.4 Å². The van der Waals surface area contributed by atoms with Crippen molar-refractivity contribution in [1.82, 2.24) is 4.90 Å². The number of halogens is 2. The van der Waals surface area contributed by atoms with Crippen molar-refractivity contribution in [3.8, 4) is 5.75 Å². The van der Waals surface area contributed by atoms with E-state index in [1.54, 1.807) is 17.0 Å². The molecule has 0 spiro atoms. The molecule has 1 aromatic rings. The zero-order valence-corrected chi connectivity index (χ0v) is 22.5. The lowest BCUT2D eigenvalue weighted by Crippen LogP contribution is -2.42. The fraction of sp³-hybridized carbons (Fsp3) is 0.625. The van der Waals surface area contributed by atoms with Crippen LogP contribution in [0.15, 0.2) is 24.8 Å². The van der Waals surface area contributed by atoms with E-state index in [1.807, 2.05) is 26.8 Å². The summed E-state index contributed by atoms with van der Waals surface area (Å²) in [4.78, 5) is 14.0. The van der Waals surface area contributed by atoms with Crippen LogP contribution in [0, 0.1) is 5.92 Å². The molecule has 0 radical (unpaired) electrons. The summed E-state index contributed by atoms with van der Waals surface area (Å²) in [7, 11) is 0. The fourth-order valence-electron chi connectivity index (χ4n) is 2.97. The quantitative estimate of drug-likeness (QED) is 0.340. The van der Waals surface area contributed by atoms with Crippen LogP contribution >= 0.6 is 35.1 Å². The van der Waals surface area contributed by atoms with Crippen molar-refractivity contribution in [3.63, 3.8) is 0 Å². The van der Waals surface area contributed by atoms with Crippen molar-refractivity contribution in [2.24, 2.45) is 11.1 Å². The molecule has 182 valence electrons. The Kier molecular flexibility index (Phi) is 11.7. The zero-order valence-electron chi connectivity index (χ0n) is 20.2. The normalized spacial score (nSPS) is 15.0. The first kappa shape index (κ1) is 29.0.